The van der Waals surface area contributed by atoms with Gasteiger partial charge >= 0.3 is 0 Å². The Morgan fingerprint density at radius 3 is 1.62 bits per heavy atom. The lowest BCUT2D eigenvalue weighted by molar-refractivity contribution is 0.363. The Hall–Kier alpha value is -1.94. The van der Waals surface area contributed by atoms with E-state index in [-0.39, 0.29) is 0 Å². The van der Waals surface area contributed by atoms with E-state index in [2.05, 4.69) is 75.2 Å². The second-order valence-electron chi connectivity index (χ2n) is 11.5. The predicted octanol–water partition coefficient (Wildman–Crippen LogP) is 1.69. The molecule has 0 saturated carbocycles. The molecule has 2 aromatic carbocycles. The zero-order chi connectivity index (χ0) is 35.2. The van der Waals surface area contributed by atoms with Crippen molar-refractivity contribution in [1.82, 2.24) is 36.2 Å². The molecular weight excluding hydrogens is 635 g/mol. The number of likely N-dealkylation sites (N-methyl/N-ethyl adjacent to an activating group) is 1. The second-order valence-corrected chi connectivity index (χ2v) is 15.8. The molecule has 0 bridgehead atoms. The molecular formula is C34H65N7O4S2. The maximum atomic E-state index is 10.9. The lowest BCUT2D eigenvalue weighted by Crippen LogP contribution is -2.45. The van der Waals surface area contributed by atoms with Crippen LogP contribution in [0.25, 0.3) is 0 Å². The summed E-state index contributed by atoms with van der Waals surface area (Å²) in [6.45, 7) is 9.52. The molecule has 5 rings (SSSR count). The van der Waals surface area contributed by atoms with E-state index in [1.54, 1.807) is 0 Å². The average Bonchev–Trinajstić information content (AvgIpc) is 3.07. The number of hydrogen-bond donors (Lipinski definition) is 6. The number of sulfone groups is 1. The van der Waals surface area contributed by atoms with Crippen molar-refractivity contribution in [2.24, 2.45) is 0 Å². The molecule has 3 aliphatic rings. The number of rotatable bonds is 6. The third kappa shape index (κ3) is 27.7. The molecule has 13 heteroatoms. The first kappa shape index (κ1) is 45.1. The van der Waals surface area contributed by atoms with E-state index in [1.165, 1.54) is 47.5 Å². The van der Waals surface area contributed by atoms with Gasteiger partial charge in [0.15, 0.2) is 9.84 Å². The molecule has 0 amide bonds. The molecule has 0 aromatic heterocycles. The monoisotopic (exact) mass is 699 g/mol. The predicted molar refractivity (Wildman–Crippen MR) is 200 cm³/mol. The molecule has 3 aliphatic heterocycles. The summed E-state index contributed by atoms with van der Waals surface area (Å²) in [5, 5.41) is 18.4. The Morgan fingerprint density at radius 1 is 0.766 bits per heavy atom. The van der Waals surface area contributed by atoms with Crippen LogP contribution in [0.3, 0.4) is 0 Å². The van der Waals surface area contributed by atoms with Crippen molar-refractivity contribution in [1.29, 1.82) is 0 Å². The molecule has 2 aromatic rings. The topological polar surface area (TPSA) is 144 Å². The van der Waals surface area contributed by atoms with Gasteiger partial charge in [-0.15, -0.1) is 0 Å². The summed E-state index contributed by atoms with van der Waals surface area (Å²) in [5.41, 5.74) is 2.73. The van der Waals surface area contributed by atoms with Gasteiger partial charge in [0.2, 0.25) is 10.0 Å². The van der Waals surface area contributed by atoms with Crippen LogP contribution in [0.2, 0.25) is 0 Å². The van der Waals surface area contributed by atoms with Crippen LogP contribution in [0.5, 0.6) is 0 Å². The Labute approximate surface area is 287 Å². The first-order valence-corrected chi connectivity index (χ1v) is 20.4. The zero-order valence-electron chi connectivity index (χ0n) is 29.9. The average molecular weight is 700 g/mol. The number of piperazine rings is 1. The van der Waals surface area contributed by atoms with E-state index >= 15 is 0 Å². The molecule has 0 aliphatic carbocycles. The fourth-order valence-corrected chi connectivity index (χ4v) is 6.36. The molecule has 6 N–H and O–H groups in total. The highest BCUT2D eigenvalue weighted by atomic mass is 32.2. The van der Waals surface area contributed by atoms with E-state index in [4.69, 9.17) is 0 Å². The van der Waals surface area contributed by atoms with Crippen LogP contribution in [0.4, 0.5) is 0 Å². The van der Waals surface area contributed by atoms with Crippen molar-refractivity contribution in [3.8, 4) is 0 Å². The maximum Gasteiger partial charge on any atom is 0.211 e. The van der Waals surface area contributed by atoms with Gasteiger partial charge in [-0.3, -0.25) is 0 Å². The Bertz CT molecular complexity index is 1170. The minimum atomic E-state index is -2.93. The van der Waals surface area contributed by atoms with Crippen LogP contribution in [0.1, 0.15) is 37.3 Å². The number of nitrogens with zero attached hydrogens (tertiary/aromatic N) is 1. The highest BCUT2D eigenvalue weighted by Gasteiger charge is 2.18. The molecule has 1 unspecified atom stereocenters. The molecule has 3 heterocycles. The minimum absolute atomic E-state index is 0.312. The SMILES string of the molecule is CC1CCCCN1.CNC.CNCCc1ccccc1.CNCc1ccccc1.CS(=O)(=O)N1CCNCC1.O=S1(=O)CCNCC1. The normalized spacial score (nSPS) is 18.7. The molecule has 3 fully saturated rings. The van der Waals surface area contributed by atoms with Crippen LogP contribution in [0, 0.1) is 0 Å². The first-order chi connectivity index (χ1) is 22.5. The smallest absolute Gasteiger partial charge is 0.211 e. The zero-order valence-corrected chi connectivity index (χ0v) is 31.5. The highest BCUT2D eigenvalue weighted by Crippen LogP contribution is 2.04. The largest absolute Gasteiger partial charge is 0.323 e. The molecule has 1 atom stereocenters. The van der Waals surface area contributed by atoms with Gasteiger partial charge in [-0.05, 0) is 78.6 Å². The van der Waals surface area contributed by atoms with E-state index < -0.39 is 19.9 Å². The quantitative estimate of drug-likeness (QED) is 0.264. The fourth-order valence-electron chi connectivity index (χ4n) is 4.40. The van der Waals surface area contributed by atoms with Crippen molar-refractivity contribution >= 4 is 19.9 Å². The molecule has 47 heavy (non-hydrogen) atoms. The van der Waals surface area contributed by atoms with Crippen LogP contribution in [-0.4, -0.2) is 125 Å². The van der Waals surface area contributed by atoms with Crippen molar-refractivity contribution in [3.63, 3.8) is 0 Å². The first-order valence-electron chi connectivity index (χ1n) is 16.7. The van der Waals surface area contributed by atoms with Crippen molar-refractivity contribution < 1.29 is 16.8 Å². The van der Waals surface area contributed by atoms with Crippen LogP contribution in [-0.2, 0) is 32.8 Å². The Balaban J connectivity index is 0.000000553. The Kier molecular flexibility index (Phi) is 27.8. The Morgan fingerprint density at radius 2 is 1.28 bits per heavy atom. The third-order valence-electron chi connectivity index (χ3n) is 7.01. The summed E-state index contributed by atoms with van der Waals surface area (Å²) in [6, 6.07) is 21.6. The summed E-state index contributed by atoms with van der Waals surface area (Å²) < 4.78 is 44.5. The number of piperidine rings is 1. The molecule has 0 radical (unpaired) electrons. The fraction of sp³-hybridized carbons (Fsp3) is 0.647. The van der Waals surface area contributed by atoms with Crippen molar-refractivity contribution in [2.45, 2.75) is 45.2 Å². The highest BCUT2D eigenvalue weighted by molar-refractivity contribution is 7.91. The number of benzene rings is 2. The van der Waals surface area contributed by atoms with E-state index in [0.717, 1.165) is 38.6 Å². The number of sulfonamides is 1. The summed E-state index contributed by atoms with van der Waals surface area (Å²) >= 11 is 0. The van der Waals surface area contributed by atoms with Gasteiger partial charge in [-0.25, -0.2) is 16.8 Å². The van der Waals surface area contributed by atoms with E-state index in [0.29, 0.717) is 37.7 Å². The van der Waals surface area contributed by atoms with Crippen molar-refractivity contribution in [3.05, 3.63) is 71.8 Å². The maximum absolute atomic E-state index is 10.9. The number of hydrogen-bond acceptors (Lipinski definition) is 10. The lowest BCUT2D eigenvalue weighted by atomic mass is 10.1. The summed E-state index contributed by atoms with van der Waals surface area (Å²) in [7, 11) is 2.10. The van der Waals surface area contributed by atoms with Gasteiger partial charge in [-0.2, -0.15) is 4.31 Å². The summed E-state index contributed by atoms with van der Waals surface area (Å²) in [5.74, 6) is 0.625. The van der Waals surface area contributed by atoms with Gasteiger partial charge in [0.25, 0.3) is 0 Å². The molecule has 0 spiro atoms. The van der Waals surface area contributed by atoms with Gasteiger partial charge in [-0.1, -0.05) is 67.1 Å². The van der Waals surface area contributed by atoms with Crippen LogP contribution >= 0.6 is 0 Å². The molecule has 11 nitrogen and oxygen atoms in total. The third-order valence-corrected chi connectivity index (χ3v) is 9.97. The van der Waals surface area contributed by atoms with Gasteiger partial charge in [0.1, 0.15) is 0 Å². The lowest BCUT2D eigenvalue weighted by Gasteiger charge is -2.24. The van der Waals surface area contributed by atoms with Gasteiger partial charge < -0.3 is 31.9 Å². The summed E-state index contributed by atoms with van der Waals surface area (Å²) in [6.07, 6.45) is 6.55. The minimum Gasteiger partial charge on any atom is -0.323 e. The molecule has 272 valence electrons. The van der Waals surface area contributed by atoms with Gasteiger partial charge in [0, 0.05) is 51.9 Å². The van der Waals surface area contributed by atoms with E-state index in [1.807, 2.05) is 52.5 Å². The van der Waals surface area contributed by atoms with E-state index in [9.17, 15) is 16.8 Å². The van der Waals surface area contributed by atoms with Crippen LogP contribution < -0.4 is 31.9 Å². The standard InChI is InChI=1S/C9H13N.C8H11N.C6H13N.C5H12N2O2S.C4H9NO2S.C2H7N/c1-10-8-7-9-5-3-2-4-6-9;1-9-7-8-5-3-2-4-6-8;1-6-4-2-3-5-7-6;1-10(8,9)7-4-2-6-3-5-7;6-8(7)3-1-5-2-4-8;1-3-2/h2-6,10H,7-8H2,1H3;2-6,9H,7H2,1H3;6-7H,2-5H2,1H3;6H,2-5H2,1H3;5H,1-4H2;3H,1-2H3. The summed E-state index contributed by atoms with van der Waals surface area (Å²) in [4.78, 5) is 0. The number of nitrogens with one attached hydrogen (secondary N) is 6. The molecule has 3 saturated heterocycles. The van der Waals surface area contributed by atoms with Crippen molar-refractivity contribution in [2.75, 3.05) is 98.3 Å². The van der Waals surface area contributed by atoms with Gasteiger partial charge in [0.05, 0.1) is 17.8 Å². The second kappa shape index (κ2) is 29.0. The van der Waals surface area contributed by atoms with Crippen LogP contribution in [0.15, 0.2) is 60.7 Å².